The van der Waals surface area contributed by atoms with Gasteiger partial charge in [0.25, 0.3) is 0 Å². The van der Waals surface area contributed by atoms with Gasteiger partial charge in [-0.2, -0.15) is 0 Å². The van der Waals surface area contributed by atoms with Gasteiger partial charge in [0.05, 0.1) is 10.9 Å². The number of hydrazine groups is 1. The van der Waals surface area contributed by atoms with Gasteiger partial charge in [0.15, 0.2) is 0 Å². The summed E-state index contributed by atoms with van der Waals surface area (Å²) in [4.78, 5) is 12.1. The smallest absolute Gasteiger partial charge is 0.239 e. The SMILES string of the molecule is NCCCCNC(=O)C1NNC(c2ccccc2)C1Br. The molecular weight excluding hydrogens is 320 g/mol. The van der Waals surface area contributed by atoms with Crippen LogP contribution in [0.5, 0.6) is 0 Å². The van der Waals surface area contributed by atoms with Gasteiger partial charge < -0.3 is 11.1 Å². The van der Waals surface area contributed by atoms with Crippen molar-refractivity contribution in [3.05, 3.63) is 35.9 Å². The minimum Gasteiger partial charge on any atom is -0.355 e. The third-order valence-electron chi connectivity index (χ3n) is 3.40. The molecule has 0 radical (unpaired) electrons. The first-order valence-electron chi connectivity index (χ1n) is 6.92. The zero-order chi connectivity index (χ0) is 14.4. The van der Waals surface area contributed by atoms with Gasteiger partial charge in [-0.1, -0.05) is 46.3 Å². The number of nitrogens with two attached hydrogens (primary N) is 1. The van der Waals surface area contributed by atoms with Crippen molar-refractivity contribution in [3.63, 3.8) is 0 Å². The zero-order valence-corrected chi connectivity index (χ0v) is 12.9. The predicted molar refractivity (Wildman–Crippen MR) is 83.3 cm³/mol. The molecule has 5 N–H and O–H groups in total. The Morgan fingerprint density at radius 2 is 2.00 bits per heavy atom. The minimum atomic E-state index is -0.280. The Bertz CT molecular complexity index is 428. The van der Waals surface area contributed by atoms with E-state index in [9.17, 15) is 4.79 Å². The lowest BCUT2D eigenvalue weighted by Crippen LogP contribution is -2.46. The van der Waals surface area contributed by atoms with Crippen LogP contribution in [0.2, 0.25) is 0 Å². The van der Waals surface area contributed by atoms with E-state index < -0.39 is 0 Å². The lowest BCUT2D eigenvalue weighted by molar-refractivity contribution is -0.122. The lowest BCUT2D eigenvalue weighted by Gasteiger charge is -2.17. The standard InChI is InChI=1S/C14H21BrN4O/c15-11-12(10-6-2-1-3-7-10)18-19-13(11)14(20)17-9-5-4-8-16/h1-3,6-7,11-13,18-19H,4-5,8-9,16H2,(H,17,20). The Kier molecular flexibility index (Phi) is 5.97. The number of alkyl halides is 1. The molecule has 3 atom stereocenters. The lowest BCUT2D eigenvalue weighted by atomic mass is 10.0. The van der Waals surface area contributed by atoms with Crippen molar-refractivity contribution in [2.24, 2.45) is 5.73 Å². The number of unbranched alkanes of at least 4 members (excludes halogenated alkanes) is 1. The summed E-state index contributed by atoms with van der Waals surface area (Å²) in [6, 6.07) is 9.88. The summed E-state index contributed by atoms with van der Waals surface area (Å²) >= 11 is 3.63. The van der Waals surface area contributed by atoms with Crippen molar-refractivity contribution in [1.29, 1.82) is 0 Å². The second-order valence-corrected chi connectivity index (χ2v) is 5.94. The van der Waals surface area contributed by atoms with Crippen LogP contribution in [-0.4, -0.2) is 29.9 Å². The van der Waals surface area contributed by atoms with Crippen molar-refractivity contribution >= 4 is 21.8 Å². The summed E-state index contributed by atoms with van der Waals surface area (Å²) in [5, 5.41) is 2.93. The molecule has 1 aliphatic heterocycles. The number of halogens is 1. The van der Waals surface area contributed by atoms with Crippen LogP contribution in [0.3, 0.4) is 0 Å². The Labute approximate surface area is 127 Å². The van der Waals surface area contributed by atoms with Gasteiger partial charge in [-0.15, -0.1) is 0 Å². The highest BCUT2D eigenvalue weighted by Gasteiger charge is 2.38. The first-order valence-corrected chi connectivity index (χ1v) is 7.83. The Hall–Kier alpha value is -0.950. The topological polar surface area (TPSA) is 79.2 Å². The molecule has 3 unspecified atom stereocenters. The molecule has 1 heterocycles. The van der Waals surface area contributed by atoms with E-state index in [1.807, 2.05) is 18.2 Å². The molecule has 1 saturated heterocycles. The van der Waals surface area contributed by atoms with Crippen molar-refractivity contribution in [2.75, 3.05) is 13.1 Å². The molecule has 20 heavy (non-hydrogen) atoms. The Morgan fingerprint density at radius 3 is 2.70 bits per heavy atom. The van der Waals surface area contributed by atoms with Gasteiger partial charge in [-0.25, -0.2) is 10.9 Å². The highest BCUT2D eigenvalue weighted by atomic mass is 79.9. The molecule has 5 nitrogen and oxygen atoms in total. The molecule has 0 spiro atoms. The van der Waals surface area contributed by atoms with E-state index >= 15 is 0 Å². The van der Waals surface area contributed by atoms with Crippen LogP contribution in [0.4, 0.5) is 0 Å². The summed E-state index contributed by atoms with van der Waals surface area (Å²) in [7, 11) is 0. The molecule has 0 aliphatic carbocycles. The molecule has 0 bridgehead atoms. The van der Waals surface area contributed by atoms with Crippen LogP contribution >= 0.6 is 15.9 Å². The highest BCUT2D eigenvalue weighted by Crippen LogP contribution is 2.28. The summed E-state index contributed by atoms with van der Waals surface area (Å²) in [5.74, 6) is 0.00910. The molecule has 1 fully saturated rings. The van der Waals surface area contributed by atoms with Gasteiger partial charge in [-0.05, 0) is 24.9 Å². The van der Waals surface area contributed by atoms with Crippen molar-refractivity contribution in [3.8, 4) is 0 Å². The quantitative estimate of drug-likeness (QED) is 0.456. The van der Waals surface area contributed by atoms with Gasteiger partial charge in [0.1, 0.15) is 6.04 Å². The maximum Gasteiger partial charge on any atom is 0.239 e. The largest absolute Gasteiger partial charge is 0.355 e. The predicted octanol–water partition coefficient (Wildman–Crippen LogP) is 0.823. The fourth-order valence-electron chi connectivity index (χ4n) is 2.26. The number of carbonyl (C=O) groups is 1. The number of benzene rings is 1. The molecule has 0 saturated carbocycles. The molecule has 110 valence electrons. The van der Waals surface area contributed by atoms with Crippen LogP contribution in [0.1, 0.15) is 24.4 Å². The van der Waals surface area contributed by atoms with E-state index in [1.54, 1.807) is 0 Å². The van der Waals surface area contributed by atoms with Crippen LogP contribution in [0.25, 0.3) is 0 Å². The monoisotopic (exact) mass is 340 g/mol. The number of rotatable bonds is 6. The number of hydrogen-bond donors (Lipinski definition) is 4. The highest BCUT2D eigenvalue weighted by molar-refractivity contribution is 9.09. The van der Waals surface area contributed by atoms with E-state index in [0.717, 1.165) is 18.4 Å². The average Bonchev–Trinajstić information content (AvgIpc) is 2.86. The minimum absolute atomic E-state index is 0.00910. The number of amides is 1. The van der Waals surface area contributed by atoms with Gasteiger partial charge in [-0.3, -0.25) is 4.79 Å². The molecular formula is C14H21BrN4O. The average molecular weight is 341 g/mol. The van der Waals surface area contributed by atoms with E-state index in [4.69, 9.17) is 5.73 Å². The van der Waals surface area contributed by atoms with Gasteiger partial charge >= 0.3 is 0 Å². The molecule has 0 aromatic heterocycles. The second-order valence-electron chi connectivity index (χ2n) is 4.89. The van der Waals surface area contributed by atoms with E-state index in [1.165, 1.54) is 0 Å². The van der Waals surface area contributed by atoms with Crippen LogP contribution < -0.4 is 21.9 Å². The van der Waals surface area contributed by atoms with Gasteiger partial charge in [0, 0.05) is 6.54 Å². The molecule has 6 heteroatoms. The van der Waals surface area contributed by atoms with Crippen molar-refractivity contribution < 1.29 is 4.79 Å². The normalized spacial score (nSPS) is 25.6. The first-order chi connectivity index (χ1) is 9.74. The molecule has 1 aliphatic rings. The number of nitrogens with one attached hydrogen (secondary N) is 3. The maximum atomic E-state index is 12.1. The summed E-state index contributed by atoms with van der Waals surface area (Å²) in [5.41, 5.74) is 12.8. The van der Waals surface area contributed by atoms with E-state index in [-0.39, 0.29) is 22.8 Å². The maximum absolute atomic E-state index is 12.1. The third-order valence-corrected chi connectivity index (χ3v) is 4.46. The molecule has 1 aromatic rings. The Morgan fingerprint density at radius 1 is 1.25 bits per heavy atom. The van der Waals surface area contributed by atoms with Gasteiger partial charge in [0.2, 0.25) is 5.91 Å². The summed E-state index contributed by atoms with van der Waals surface area (Å²) < 4.78 is 0. The Balaban J connectivity index is 1.87. The van der Waals surface area contributed by atoms with Crippen LogP contribution in [-0.2, 0) is 4.79 Å². The summed E-state index contributed by atoms with van der Waals surface area (Å²) in [6.45, 7) is 1.33. The first kappa shape index (κ1) is 15.4. The second kappa shape index (κ2) is 7.73. The number of hydrogen-bond acceptors (Lipinski definition) is 4. The van der Waals surface area contributed by atoms with Crippen molar-refractivity contribution in [2.45, 2.75) is 29.8 Å². The summed E-state index contributed by atoms with van der Waals surface area (Å²) in [6.07, 6.45) is 1.85. The zero-order valence-electron chi connectivity index (χ0n) is 11.3. The van der Waals surface area contributed by atoms with Crippen molar-refractivity contribution in [1.82, 2.24) is 16.2 Å². The molecule has 2 rings (SSSR count). The third kappa shape index (κ3) is 3.79. The fourth-order valence-corrected chi connectivity index (χ4v) is 3.07. The van der Waals surface area contributed by atoms with Crippen LogP contribution in [0.15, 0.2) is 30.3 Å². The van der Waals surface area contributed by atoms with E-state index in [2.05, 4.69) is 44.2 Å². The van der Waals surface area contributed by atoms with E-state index in [0.29, 0.717) is 13.1 Å². The van der Waals surface area contributed by atoms with Crippen LogP contribution in [0, 0.1) is 0 Å². The molecule has 1 aromatic carbocycles. The molecule has 1 amide bonds. The number of carbonyl (C=O) groups excluding carboxylic acids is 1. The fraction of sp³-hybridized carbons (Fsp3) is 0.500.